The molecule has 0 amide bonds. The average Bonchev–Trinajstić information content (AvgIpc) is 3.43. The molecule has 0 spiro atoms. The zero-order valence-electron chi connectivity index (χ0n) is 18.5. The van der Waals surface area contributed by atoms with Crippen molar-refractivity contribution < 1.29 is 9.47 Å². The third kappa shape index (κ3) is 5.96. The lowest BCUT2D eigenvalue weighted by Gasteiger charge is -2.21. The maximum atomic E-state index is 5.42. The van der Waals surface area contributed by atoms with Crippen molar-refractivity contribution in [3.05, 3.63) is 54.1 Å². The number of halogens is 1. The van der Waals surface area contributed by atoms with Gasteiger partial charge < -0.3 is 25.0 Å². The monoisotopic (exact) mass is 536 g/mol. The minimum atomic E-state index is 0. The van der Waals surface area contributed by atoms with E-state index in [0.29, 0.717) is 17.9 Å². The van der Waals surface area contributed by atoms with Gasteiger partial charge in [-0.3, -0.25) is 4.99 Å². The highest BCUT2D eigenvalue weighted by Crippen LogP contribution is 2.46. The van der Waals surface area contributed by atoms with E-state index in [1.54, 1.807) is 14.2 Å². The van der Waals surface area contributed by atoms with Crippen molar-refractivity contribution in [2.45, 2.75) is 24.8 Å². The van der Waals surface area contributed by atoms with Gasteiger partial charge in [0.2, 0.25) is 0 Å². The Kier molecular flexibility index (Phi) is 8.28. The van der Waals surface area contributed by atoms with Crippen molar-refractivity contribution in [3.8, 4) is 11.5 Å². The summed E-state index contributed by atoms with van der Waals surface area (Å²) >= 11 is 0. The maximum Gasteiger partial charge on any atom is 0.191 e. The van der Waals surface area contributed by atoms with E-state index in [0.717, 1.165) is 49.2 Å². The number of benzene rings is 2. The van der Waals surface area contributed by atoms with Gasteiger partial charge in [0.25, 0.3) is 0 Å². The summed E-state index contributed by atoms with van der Waals surface area (Å²) in [5.74, 6) is 3.90. The number of guanidine groups is 1. The molecule has 6 nitrogen and oxygen atoms in total. The molecule has 0 bridgehead atoms. The number of methoxy groups -OCH3 is 2. The number of anilines is 1. The molecule has 2 N–H and O–H groups in total. The Morgan fingerprint density at radius 3 is 2.45 bits per heavy atom. The zero-order valence-corrected chi connectivity index (χ0v) is 20.8. The van der Waals surface area contributed by atoms with Crippen LogP contribution in [0.5, 0.6) is 11.5 Å². The molecule has 1 heterocycles. The Bertz CT molecular complexity index is 855. The van der Waals surface area contributed by atoms with Crippen molar-refractivity contribution >= 4 is 35.6 Å². The summed E-state index contributed by atoms with van der Waals surface area (Å²) in [6.07, 6.45) is 2.32. The lowest BCUT2D eigenvalue weighted by Crippen LogP contribution is -2.45. The molecule has 2 aromatic rings. The van der Waals surface area contributed by atoms with E-state index in [1.807, 2.05) is 13.1 Å². The first kappa shape index (κ1) is 23.5. The molecule has 0 radical (unpaired) electrons. The number of hydrogen-bond donors (Lipinski definition) is 2. The molecule has 31 heavy (non-hydrogen) atoms. The fourth-order valence-electron chi connectivity index (χ4n) is 4.29. The maximum absolute atomic E-state index is 5.42. The van der Waals surface area contributed by atoms with Crippen LogP contribution in [0.3, 0.4) is 0 Å². The summed E-state index contributed by atoms with van der Waals surface area (Å²) in [5, 5.41) is 7.12. The molecule has 1 aliphatic heterocycles. The molecule has 7 heteroatoms. The second-order valence-electron chi connectivity index (χ2n) is 8.11. The van der Waals surface area contributed by atoms with E-state index in [9.17, 15) is 0 Å². The van der Waals surface area contributed by atoms with E-state index in [-0.39, 0.29) is 24.0 Å². The second-order valence-corrected chi connectivity index (χ2v) is 8.11. The highest BCUT2D eigenvalue weighted by molar-refractivity contribution is 14.0. The molecule has 1 aliphatic carbocycles. The van der Waals surface area contributed by atoms with Gasteiger partial charge in [-0.1, -0.05) is 30.3 Å². The van der Waals surface area contributed by atoms with Crippen LogP contribution in [0.25, 0.3) is 0 Å². The average molecular weight is 536 g/mol. The van der Waals surface area contributed by atoms with Gasteiger partial charge in [0.05, 0.1) is 14.2 Å². The molecule has 4 rings (SSSR count). The molecule has 2 aliphatic rings. The van der Waals surface area contributed by atoms with Crippen molar-refractivity contribution in [2.24, 2.45) is 10.9 Å². The van der Waals surface area contributed by atoms with Gasteiger partial charge in [-0.2, -0.15) is 0 Å². The van der Waals surface area contributed by atoms with Gasteiger partial charge in [-0.15, -0.1) is 24.0 Å². The molecule has 2 aromatic carbocycles. The highest BCUT2D eigenvalue weighted by Gasteiger charge is 2.38. The van der Waals surface area contributed by atoms with Crippen LogP contribution in [0.4, 0.5) is 5.69 Å². The van der Waals surface area contributed by atoms with Crippen molar-refractivity contribution in [2.75, 3.05) is 45.8 Å². The molecule has 0 aromatic heterocycles. The van der Waals surface area contributed by atoms with E-state index >= 15 is 0 Å². The van der Waals surface area contributed by atoms with E-state index < -0.39 is 0 Å². The van der Waals surface area contributed by atoms with Crippen molar-refractivity contribution in [1.82, 2.24) is 10.6 Å². The van der Waals surface area contributed by atoms with Crippen molar-refractivity contribution in [1.29, 1.82) is 0 Å². The summed E-state index contributed by atoms with van der Waals surface area (Å²) in [6, 6.07) is 17.2. The third-order valence-electron chi connectivity index (χ3n) is 6.14. The van der Waals surface area contributed by atoms with E-state index in [2.05, 4.69) is 63.0 Å². The Morgan fingerprint density at radius 2 is 1.81 bits per heavy atom. The van der Waals surface area contributed by atoms with Gasteiger partial charge in [-0.25, -0.2) is 0 Å². The van der Waals surface area contributed by atoms with Crippen LogP contribution in [-0.2, 0) is 0 Å². The van der Waals surface area contributed by atoms with E-state index in [1.165, 1.54) is 12.0 Å². The summed E-state index contributed by atoms with van der Waals surface area (Å²) in [7, 11) is 5.21. The number of rotatable bonds is 7. The predicted octanol–water partition coefficient (Wildman–Crippen LogP) is 3.87. The minimum Gasteiger partial charge on any atom is -0.497 e. The molecular formula is C24H33IN4O2. The van der Waals surface area contributed by atoms with Crippen molar-refractivity contribution in [3.63, 3.8) is 0 Å². The number of hydrogen-bond acceptors (Lipinski definition) is 4. The van der Waals surface area contributed by atoms with E-state index in [4.69, 9.17) is 9.47 Å². The van der Waals surface area contributed by atoms with Crippen LogP contribution in [0.15, 0.2) is 53.5 Å². The quantitative estimate of drug-likeness (QED) is 0.320. The summed E-state index contributed by atoms with van der Waals surface area (Å²) in [6.45, 7) is 2.87. The lowest BCUT2D eigenvalue weighted by molar-refractivity contribution is 0.394. The van der Waals surface area contributed by atoms with Crippen LogP contribution in [0.2, 0.25) is 0 Å². The third-order valence-corrected chi connectivity index (χ3v) is 6.14. The fraction of sp³-hybridized carbons (Fsp3) is 0.458. The Hall–Kier alpha value is -2.16. The van der Waals surface area contributed by atoms with Crippen LogP contribution in [0.1, 0.15) is 24.3 Å². The van der Waals surface area contributed by atoms with Gasteiger partial charge in [-0.05, 0) is 30.2 Å². The number of nitrogens with zero attached hydrogens (tertiary/aromatic N) is 2. The standard InChI is InChI=1S/C24H32N4O2.HI/c1-25-24(26-15-18-11-23(18)17-7-5-4-6-8-17)27-19-9-10-28(16-19)20-12-21(29-2)14-22(13-20)30-3;/h4-8,12-14,18-19,23H,9-11,15-16H2,1-3H3,(H2,25,26,27);1H. The molecule has 2 fully saturated rings. The Morgan fingerprint density at radius 1 is 1.10 bits per heavy atom. The highest BCUT2D eigenvalue weighted by atomic mass is 127. The second kappa shape index (κ2) is 10.9. The largest absolute Gasteiger partial charge is 0.497 e. The summed E-state index contributed by atoms with van der Waals surface area (Å²) < 4.78 is 10.8. The lowest BCUT2D eigenvalue weighted by atomic mass is 10.1. The number of aliphatic imine (C=N–C) groups is 1. The SMILES string of the molecule is CN=C(NCC1CC1c1ccccc1)NC1CCN(c2cc(OC)cc(OC)c2)C1.I. The van der Waals surface area contributed by atoms with Gasteiger partial charge in [0, 0.05) is 56.6 Å². The molecule has 3 atom stereocenters. The fourth-order valence-corrected chi connectivity index (χ4v) is 4.29. The minimum absolute atomic E-state index is 0. The van der Waals surface area contributed by atoms with Crippen LogP contribution in [-0.4, -0.2) is 52.9 Å². The number of nitrogens with one attached hydrogen (secondary N) is 2. The first-order valence-corrected chi connectivity index (χ1v) is 10.7. The smallest absolute Gasteiger partial charge is 0.191 e. The first-order valence-electron chi connectivity index (χ1n) is 10.7. The molecule has 3 unspecified atom stereocenters. The normalized spacial score (nSPS) is 22.5. The predicted molar refractivity (Wildman–Crippen MR) is 137 cm³/mol. The summed E-state index contributed by atoms with van der Waals surface area (Å²) in [4.78, 5) is 6.80. The first-order chi connectivity index (χ1) is 14.7. The van der Waals surface area contributed by atoms with Crippen LogP contribution >= 0.6 is 24.0 Å². The number of ether oxygens (including phenoxy) is 2. The topological polar surface area (TPSA) is 58.1 Å². The van der Waals surface area contributed by atoms with Gasteiger partial charge >= 0.3 is 0 Å². The molecule has 1 saturated carbocycles. The Labute approximate surface area is 202 Å². The van der Waals surface area contributed by atoms with Gasteiger partial charge in [0.1, 0.15) is 11.5 Å². The van der Waals surface area contributed by atoms with Crippen LogP contribution < -0.4 is 25.0 Å². The zero-order chi connectivity index (χ0) is 20.9. The molecule has 1 saturated heterocycles. The van der Waals surface area contributed by atoms with Crippen LogP contribution in [0, 0.1) is 5.92 Å². The molecule has 168 valence electrons. The molecular weight excluding hydrogens is 503 g/mol. The summed E-state index contributed by atoms with van der Waals surface area (Å²) in [5.41, 5.74) is 2.58. The van der Waals surface area contributed by atoms with Gasteiger partial charge in [0.15, 0.2) is 5.96 Å². The Balaban J connectivity index is 0.00000272.